The number of carbonyl (C=O) groups excluding carboxylic acids is 3. The van der Waals surface area contributed by atoms with Crippen molar-refractivity contribution in [3.05, 3.63) is 75.1 Å². The molecular formula is C28H25BrN2O5S. The molecule has 9 heteroatoms. The summed E-state index contributed by atoms with van der Waals surface area (Å²) in [5.74, 6) is 0.369. The standard InChI is InChI=1S/C28H25BrN2O5S/c1-35-23-14-18(15-24-27(33)31(28(34)37-24)16-25(32)30-11-4-5-12-30)13-22(29)26(23)36-17-20-9-6-8-19-7-2-3-10-21(19)20/h2-3,6-10,13-15H,4-5,11-12,16-17H2,1H3/b24-15+. The Bertz CT molecular complexity index is 1410. The van der Waals surface area contributed by atoms with Crippen LogP contribution in [0.2, 0.25) is 0 Å². The normalized spacial score (nSPS) is 16.8. The highest BCUT2D eigenvalue weighted by molar-refractivity contribution is 9.10. The molecule has 0 N–H and O–H groups in total. The zero-order valence-electron chi connectivity index (χ0n) is 20.2. The second kappa shape index (κ2) is 11.0. The predicted octanol–water partition coefficient (Wildman–Crippen LogP) is 5.85. The highest BCUT2D eigenvalue weighted by Gasteiger charge is 2.37. The van der Waals surface area contributed by atoms with Gasteiger partial charge in [-0.2, -0.15) is 0 Å². The Morgan fingerprint density at radius 2 is 1.84 bits per heavy atom. The average molecular weight is 581 g/mol. The van der Waals surface area contributed by atoms with E-state index in [1.165, 1.54) is 0 Å². The number of hydrogen-bond donors (Lipinski definition) is 0. The van der Waals surface area contributed by atoms with Crippen LogP contribution in [-0.2, 0) is 16.2 Å². The molecule has 5 rings (SSSR count). The Kier molecular flexibility index (Phi) is 7.53. The topological polar surface area (TPSA) is 76.2 Å². The summed E-state index contributed by atoms with van der Waals surface area (Å²) in [5.41, 5.74) is 1.71. The van der Waals surface area contributed by atoms with Gasteiger partial charge in [0.25, 0.3) is 11.1 Å². The molecule has 0 radical (unpaired) electrons. The summed E-state index contributed by atoms with van der Waals surface area (Å²) in [7, 11) is 1.55. The van der Waals surface area contributed by atoms with Crippen molar-refractivity contribution >= 4 is 61.6 Å². The Morgan fingerprint density at radius 3 is 2.62 bits per heavy atom. The monoisotopic (exact) mass is 580 g/mol. The fourth-order valence-corrected chi connectivity index (χ4v) is 5.93. The van der Waals surface area contributed by atoms with E-state index in [9.17, 15) is 14.4 Å². The number of amides is 3. The Labute approximate surface area is 227 Å². The van der Waals surface area contributed by atoms with Crippen LogP contribution in [0.1, 0.15) is 24.0 Å². The van der Waals surface area contributed by atoms with Gasteiger partial charge in [0.05, 0.1) is 16.5 Å². The van der Waals surface area contributed by atoms with E-state index >= 15 is 0 Å². The van der Waals surface area contributed by atoms with Crippen LogP contribution in [0.3, 0.4) is 0 Å². The summed E-state index contributed by atoms with van der Waals surface area (Å²) in [6.07, 6.45) is 3.53. The molecule has 7 nitrogen and oxygen atoms in total. The van der Waals surface area contributed by atoms with Gasteiger partial charge in [0.2, 0.25) is 5.91 Å². The molecule has 190 valence electrons. The molecule has 0 aliphatic carbocycles. The molecule has 2 aliphatic heterocycles. The molecule has 0 aromatic heterocycles. The van der Waals surface area contributed by atoms with Gasteiger partial charge in [-0.1, -0.05) is 42.5 Å². The van der Waals surface area contributed by atoms with Crippen LogP contribution in [0.5, 0.6) is 11.5 Å². The van der Waals surface area contributed by atoms with Crippen LogP contribution < -0.4 is 9.47 Å². The molecule has 2 aliphatic rings. The van der Waals surface area contributed by atoms with E-state index in [0.29, 0.717) is 41.2 Å². The largest absolute Gasteiger partial charge is 0.493 e. The SMILES string of the molecule is COc1cc(/C=C2/SC(=O)N(CC(=O)N3CCCC3)C2=O)cc(Br)c1OCc1cccc2ccccc12. The van der Waals surface area contributed by atoms with Crippen LogP contribution in [0.15, 0.2) is 64.0 Å². The number of carbonyl (C=O) groups is 3. The van der Waals surface area contributed by atoms with Crippen molar-refractivity contribution in [2.45, 2.75) is 19.4 Å². The lowest BCUT2D eigenvalue weighted by molar-refractivity contribution is -0.135. The molecule has 0 saturated carbocycles. The van der Waals surface area contributed by atoms with Gasteiger partial charge >= 0.3 is 0 Å². The second-order valence-corrected chi connectivity index (χ2v) is 10.7. The Balaban J connectivity index is 1.33. The maximum absolute atomic E-state index is 12.9. The van der Waals surface area contributed by atoms with E-state index in [2.05, 4.69) is 34.1 Å². The first-order chi connectivity index (χ1) is 17.9. The lowest BCUT2D eigenvalue weighted by Gasteiger charge is -2.18. The summed E-state index contributed by atoms with van der Waals surface area (Å²) in [4.78, 5) is 40.9. The molecular weight excluding hydrogens is 556 g/mol. The van der Waals surface area contributed by atoms with Gasteiger partial charge in [-0.05, 0) is 80.6 Å². The van der Waals surface area contributed by atoms with Crippen LogP contribution >= 0.6 is 27.7 Å². The minimum Gasteiger partial charge on any atom is -0.493 e. The fourth-order valence-electron chi connectivity index (χ4n) is 4.52. The van der Waals surface area contributed by atoms with Gasteiger partial charge in [0.1, 0.15) is 13.2 Å². The van der Waals surface area contributed by atoms with Gasteiger partial charge in [-0.3, -0.25) is 19.3 Å². The Hall–Kier alpha value is -3.30. The summed E-state index contributed by atoms with van der Waals surface area (Å²) >= 11 is 4.40. The van der Waals surface area contributed by atoms with Crippen molar-refractivity contribution in [2.75, 3.05) is 26.7 Å². The zero-order chi connectivity index (χ0) is 25.9. The van der Waals surface area contributed by atoms with E-state index in [1.54, 1.807) is 24.2 Å². The van der Waals surface area contributed by atoms with Gasteiger partial charge in [0, 0.05) is 13.1 Å². The summed E-state index contributed by atoms with van der Waals surface area (Å²) in [5, 5.41) is 1.82. The zero-order valence-corrected chi connectivity index (χ0v) is 22.6. The molecule has 2 fully saturated rings. The molecule has 0 unspecified atom stereocenters. The van der Waals surface area contributed by atoms with E-state index in [0.717, 1.165) is 45.8 Å². The van der Waals surface area contributed by atoms with E-state index in [4.69, 9.17) is 9.47 Å². The van der Waals surface area contributed by atoms with Crippen LogP contribution in [0, 0.1) is 0 Å². The molecule has 3 aromatic rings. The molecule has 0 atom stereocenters. The summed E-state index contributed by atoms with van der Waals surface area (Å²) in [6.45, 7) is 1.47. The van der Waals surface area contributed by atoms with Crippen LogP contribution in [-0.4, -0.2) is 53.6 Å². The number of likely N-dealkylation sites (tertiary alicyclic amines) is 1. The predicted molar refractivity (Wildman–Crippen MR) is 147 cm³/mol. The first-order valence-electron chi connectivity index (χ1n) is 11.9. The third kappa shape index (κ3) is 5.38. The van der Waals surface area contributed by atoms with Crippen molar-refractivity contribution in [1.29, 1.82) is 0 Å². The number of imide groups is 1. The lowest BCUT2D eigenvalue weighted by atomic mass is 10.1. The summed E-state index contributed by atoms with van der Waals surface area (Å²) < 4.78 is 12.4. The van der Waals surface area contributed by atoms with E-state index < -0.39 is 11.1 Å². The smallest absolute Gasteiger partial charge is 0.294 e. The summed E-state index contributed by atoms with van der Waals surface area (Å²) in [6, 6.07) is 17.8. The fraction of sp³-hybridized carbons (Fsp3) is 0.250. The number of halogens is 1. The highest BCUT2D eigenvalue weighted by Crippen LogP contribution is 2.39. The van der Waals surface area contributed by atoms with E-state index in [-0.39, 0.29) is 17.4 Å². The highest BCUT2D eigenvalue weighted by atomic mass is 79.9. The lowest BCUT2D eigenvalue weighted by Crippen LogP contribution is -2.40. The number of methoxy groups -OCH3 is 1. The van der Waals surface area contributed by atoms with Crippen molar-refractivity contribution in [2.24, 2.45) is 0 Å². The van der Waals surface area contributed by atoms with Gasteiger partial charge in [-0.15, -0.1) is 0 Å². The van der Waals surface area contributed by atoms with Crippen LogP contribution in [0.25, 0.3) is 16.8 Å². The van der Waals surface area contributed by atoms with Crippen molar-refractivity contribution in [3.8, 4) is 11.5 Å². The average Bonchev–Trinajstić information content (AvgIpc) is 3.53. The Morgan fingerprint density at radius 1 is 1.08 bits per heavy atom. The van der Waals surface area contributed by atoms with Crippen LogP contribution in [0.4, 0.5) is 4.79 Å². The number of fused-ring (bicyclic) bond motifs is 1. The number of benzene rings is 3. The number of hydrogen-bond acceptors (Lipinski definition) is 6. The molecule has 37 heavy (non-hydrogen) atoms. The van der Waals surface area contributed by atoms with E-state index in [1.807, 2.05) is 30.3 Å². The maximum Gasteiger partial charge on any atom is 0.294 e. The number of rotatable bonds is 7. The number of ether oxygens (including phenoxy) is 2. The first-order valence-corrected chi connectivity index (χ1v) is 13.6. The minimum atomic E-state index is -0.464. The van der Waals surface area contributed by atoms with Gasteiger partial charge in [-0.25, -0.2) is 0 Å². The number of thioether (sulfide) groups is 1. The second-order valence-electron chi connectivity index (χ2n) is 8.82. The molecule has 3 aromatic carbocycles. The molecule has 0 spiro atoms. The molecule has 0 bridgehead atoms. The van der Waals surface area contributed by atoms with Gasteiger partial charge < -0.3 is 14.4 Å². The quantitative estimate of drug-likeness (QED) is 0.326. The first kappa shape index (κ1) is 25.4. The molecule has 2 saturated heterocycles. The third-order valence-corrected chi connectivity index (χ3v) is 7.92. The number of nitrogens with zero attached hydrogens (tertiary/aromatic N) is 2. The molecule has 2 heterocycles. The van der Waals surface area contributed by atoms with Crippen molar-refractivity contribution < 1.29 is 23.9 Å². The van der Waals surface area contributed by atoms with Crippen molar-refractivity contribution in [3.63, 3.8) is 0 Å². The van der Waals surface area contributed by atoms with Gasteiger partial charge in [0.15, 0.2) is 11.5 Å². The third-order valence-electron chi connectivity index (χ3n) is 6.43. The maximum atomic E-state index is 12.9. The molecule has 3 amide bonds. The van der Waals surface area contributed by atoms with Crippen molar-refractivity contribution in [1.82, 2.24) is 9.80 Å². The minimum absolute atomic E-state index is 0.196.